The molecule has 0 aliphatic carbocycles. The summed E-state index contributed by atoms with van der Waals surface area (Å²) in [5.41, 5.74) is -0.141. The molecular weight excluding hydrogens is 212 g/mol. The molecule has 98 valence electrons. The molecule has 1 fully saturated rings. The Bertz CT molecular complexity index is 333. The van der Waals surface area contributed by atoms with Crippen LogP contribution in [0.15, 0.2) is 12.7 Å². The summed E-state index contributed by atoms with van der Waals surface area (Å²) in [6.45, 7) is 14.5. The molecular formula is C14H26N2O. The lowest BCUT2D eigenvalue weighted by atomic mass is 9.68. The SMILES string of the molecule is C=CC(=O)NC1(C)CCC(C)(C)N(C)C1(C)C. The number of carbonyl (C=O) groups is 1. The lowest BCUT2D eigenvalue weighted by Crippen LogP contribution is -2.73. The van der Waals surface area contributed by atoms with Gasteiger partial charge in [0, 0.05) is 11.1 Å². The maximum Gasteiger partial charge on any atom is 0.243 e. The van der Waals surface area contributed by atoms with Gasteiger partial charge in [-0.2, -0.15) is 0 Å². The lowest BCUT2D eigenvalue weighted by Gasteiger charge is -2.60. The van der Waals surface area contributed by atoms with Crippen molar-refractivity contribution in [2.24, 2.45) is 0 Å². The molecule has 0 bridgehead atoms. The minimum Gasteiger partial charge on any atom is -0.346 e. The Morgan fingerprint density at radius 3 is 2.24 bits per heavy atom. The Kier molecular flexibility index (Phi) is 3.45. The Hall–Kier alpha value is -0.830. The monoisotopic (exact) mass is 238 g/mol. The van der Waals surface area contributed by atoms with Crippen molar-refractivity contribution in [1.29, 1.82) is 0 Å². The third-order valence-corrected chi connectivity index (χ3v) is 4.92. The minimum atomic E-state index is -0.220. The van der Waals surface area contributed by atoms with Crippen LogP contribution >= 0.6 is 0 Å². The molecule has 0 spiro atoms. The van der Waals surface area contributed by atoms with Gasteiger partial charge in [0.05, 0.1) is 5.54 Å². The molecule has 3 nitrogen and oxygen atoms in total. The van der Waals surface area contributed by atoms with Gasteiger partial charge < -0.3 is 5.32 Å². The molecule has 1 aliphatic heterocycles. The first-order valence-corrected chi connectivity index (χ1v) is 6.25. The van der Waals surface area contributed by atoms with Gasteiger partial charge in [-0.3, -0.25) is 9.69 Å². The number of likely N-dealkylation sites (tertiary alicyclic amines) is 1. The van der Waals surface area contributed by atoms with Crippen LogP contribution < -0.4 is 5.32 Å². The number of carbonyl (C=O) groups excluding carboxylic acids is 1. The van der Waals surface area contributed by atoms with Crippen LogP contribution in [-0.2, 0) is 4.79 Å². The second-order valence-electron chi connectivity index (χ2n) is 6.46. The molecule has 1 saturated heterocycles. The molecule has 1 aliphatic rings. The average molecular weight is 238 g/mol. The Morgan fingerprint density at radius 1 is 1.24 bits per heavy atom. The fourth-order valence-electron chi connectivity index (χ4n) is 2.69. The van der Waals surface area contributed by atoms with Gasteiger partial charge in [-0.05, 0) is 60.6 Å². The molecule has 0 aromatic heterocycles. The molecule has 0 aromatic carbocycles. The number of nitrogens with one attached hydrogen (secondary N) is 1. The fourth-order valence-corrected chi connectivity index (χ4v) is 2.69. The first-order chi connectivity index (χ1) is 7.57. The lowest BCUT2D eigenvalue weighted by molar-refractivity contribution is -0.124. The summed E-state index contributed by atoms with van der Waals surface area (Å²) in [7, 11) is 2.14. The number of rotatable bonds is 2. The molecule has 1 amide bonds. The van der Waals surface area contributed by atoms with E-state index in [1.807, 2.05) is 0 Å². The van der Waals surface area contributed by atoms with E-state index in [-0.39, 0.29) is 22.5 Å². The number of hydrogen-bond acceptors (Lipinski definition) is 2. The molecule has 1 N–H and O–H groups in total. The van der Waals surface area contributed by atoms with Gasteiger partial charge in [0.15, 0.2) is 0 Å². The van der Waals surface area contributed by atoms with Gasteiger partial charge in [0.25, 0.3) is 0 Å². The number of likely N-dealkylation sites (N-methyl/N-ethyl adjacent to an activating group) is 1. The van der Waals surface area contributed by atoms with Crippen LogP contribution in [0.5, 0.6) is 0 Å². The van der Waals surface area contributed by atoms with E-state index < -0.39 is 0 Å². The van der Waals surface area contributed by atoms with Crippen molar-refractivity contribution in [2.75, 3.05) is 7.05 Å². The average Bonchev–Trinajstić information content (AvgIpc) is 2.23. The van der Waals surface area contributed by atoms with Crippen LogP contribution in [0.1, 0.15) is 47.5 Å². The highest BCUT2D eigenvalue weighted by Gasteiger charge is 2.52. The van der Waals surface area contributed by atoms with Crippen LogP contribution in [0.3, 0.4) is 0 Å². The van der Waals surface area contributed by atoms with Gasteiger partial charge in [-0.1, -0.05) is 6.58 Å². The first-order valence-electron chi connectivity index (χ1n) is 6.25. The predicted molar refractivity (Wildman–Crippen MR) is 71.9 cm³/mol. The summed E-state index contributed by atoms with van der Waals surface area (Å²) in [6, 6.07) is 0. The van der Waals surface area contributed by atoms with Crippen molar-refractivity contribution >= 4 is 5.91 Å². The van der Waals surface area contributed by atoms with Crippen molar-refractivity contribution in [1.82, 2.24) is 10.2 Å². The maximum atomic E-state index is 11.6. The highest BCUT2D eigenvalue weighted by molar-refractivity contribution is 5.87. The van der Waals surface area contributed by atoms with Gasteiger partial charge in [-0.25, -0.2) is 0 Å². The van der Waals surface area contributed by atoms with Crippen molar-refractivity contribution < 1.29 is 4.79 Å². The van der Waals surface area contributed by atoms with E-state index in [4.69, 9.17) is 0 Å². The van der Waals surface area contributed by atoms with Crippen LogP contribution in [0.4, 0.5) is 0 Å². The van der Waals surface area contributed by atoms with E-state index in [2.05, 4.69) is 58.5 Å². The number of amides is 1. The molecule has 17 heavy (non-hydrogen) atoms. The van der Waals surface area contributed by atoms with Crippen LogP contribution in [0.2, 0.25) is 0 Å². The summed E-state index contributed by atoms with van der Waals surface area (Å²) in [6.07, 6.45) is 3.40. The molecule has 1 rings (SSSR count). The van der Waals surface area contributed by atoms with Crippen molar-refractivity contribution in [2.45, 2.75) is 64.1 Å². The molecule has 1 heterocycles. The normalized spacial score (nSPS) is 31.9. The molecule has 0 saturated carbocycles. The second-order valence-corrected chi connectivity index (χ2v) is 6.46. The van der Waals surface area contributed by atoms with Gasteiger partial charge in [0.2, 0.25) is 5.91 Å². The number of nitrogens with zero attached hydrogens (tertiary/aromatic N) is 1. The summed E-state index contributed by atoms with van der Waals surface area (Å²) in [4.78, 5) is 14.0. The molecule has 1 unspecified atom stereocenters. The first kappa shape index (κ1) is 14.2. The second kappa shape index (κ2) is 4.13. The van der Waals surface area contributed by atoms with E-state index in [1.165, 1.54) is 6.08 Å². The standard InChI is InChI=1S/C14H26N2O/c1-8-11(17)15-14(6)10-9-12(2,3)16(7)13(14,4)5/h8H,1,9-10H2,2-7H3,(H,15,17). The smallest absolute Gasteiger partial charge is 0.243 e. The molecule has 0 radical (unpaired) electrons. The van der Waals surface area contributed by atoms with Crippen molar-refractivity contribution in [3.8, 4) is 0 Å². The summed E-state index contributed by atoms with van der Waals surface area (Å²) in [5, 5.41) is 3.10. The summed E-state index contributed by atoms with van der Waals surface area (Å²) >= 11 is 0. The third-order valence-electron chi connectivity index (χ3n) is 4.92. The molecule has 1 atom stereocenters. The molecule has 0 aromatic rings. The maximum absolute atomic E-state index is 11.6. The highest BCUT2D eigenvalue weighted by atomic mass is 16.1. The van der Waals surface area contributed by atoms with Crippen molar-refractivity contribution in [3.63, 3.8) is 0 Å². The largest absolute Gasteiger partial charge is 0.346 e. The number of piperidine rings is 1. The van der Waals surface area contributed by atoms with E-state index in [1.54, 1.807) is 0 Å². The zero-order valence-corrected chi connectivity index (χ0v) is 12.1. The number of hydrogen-bond donors (Lipinski definition) is 1. The minimum absolute atomic E-state index is 0.0892. The van der Waals surface area contributed by atoms with Crippen LogP contribution in [-0.4, -0.2) is 34.5 Å². The summed E-state index contributed by atoms with van der Waals surface area (Å²) in [5.74, 6) is -0.0892. The van der Waals surface area contributed by atoms with E-state index in [0.29, 0.717) is 0 Å². The fraction of sp³-hybridized carbons (Fsp3) is 0.786. The highest BCUT2D eigenvalue weighted by Crippen LogP contribution is 2.43. The quantitative estimate of drug-likeness (QED) is 0.749. The van der Waals surface area contributed by atoms with Crippen molar-refractivity contribution in [3.05, 3.63) is 12.7 Å². The Labute approximate surface area is 105 Å². The third kappa shape index (κ3) is 2.25. The van der Waals surface area contributed by atoms with Gasteiger partial charge in [0.1, 0.15) is 0 Å². The Morgan fingerprint density at radius 2 is 1.76 bits per heavy atom. The molecule has 3 heteroatoms. The van der Waals surface area contributed by atoms with Gasteiger partial charge in [-0.15, -0.1) is 0 Å². The zero-order chi connectivity index (χ0) is 13.5. The summed E-state index contributed by atoms with van der Waals surface area (Å²) < 4.78 is 0. The topological polar surface area (TPSA) is 32.3 Å². The van der Waals surface area contributed by atoms with E-state index >= 15 is 0 Å². The van der Waals surface area contributed by atoms with E-state index in [0.717, 1.165) is 12.8 Å². The van der Waals surface area contributed by atoms with Crippen LogP contribution in [0, 0.1) is 0 Å². The van der Waals surface area contributed by atoms with E-state index in [9.17, 15) is 4.79 Å². The predicted octanol–water partition coefficient (Wildman–Crippen LogP) is 2.33. The van der Waals surface area contributed by atoms with Gasteiger partial charge >= 0.3 is 0 Å². The Balaban J connectivity index is 3.03. The van der Waals surface area contributed by atoms with Crippen LogP contribution in [0.25, 0.3) is 0 Å². The zero-order valence-electron chi connectivity index (χ0n) is 12.1.